The third-order valence-corrected chi connectivity index (χ3v) is 6.94. The fraction of sp³-hybridized carbons (Fsp3) is 0.667. The zero-order chi connectivity index (χ0) is 17.9. The quantitative estimate of drug-likeness (QED) is 0.481. The Labute approximate surface area is 155 Å². The van der Waals surface area contributed by atoms with Crippen LogP contribution >= 0.6 is 0 Å². The van der Waals surface area contributed by atoms with Gasteiger partial charge in [0.2, 0.25) is 0 Å². The van der Waals surface area contributed by atoms with Gasteiger partial charge in [0.15, 0.2) is 0 Å². The van der Waals surface area contributed by atoms with Gasteiger partial charge in [0, 0.05) is 17.4 Å². The van der Waals surface area contributed by atoms with Crippen LogP contribution in [0.4, 0.5) is 0 Å². The minimum atomic E-state index is 0.474. The Balaban J connectivity index is 1.80. The van der Waals surface area contributed by atoms with Crippen LogP contribution in [0.25, 0.3) is 0 Å². The fourth-order valence-corrected chi connectivity index (χ4v) is 4.61. The molecule has 0 radical (unpaired) electrons. The van der Waals surface area contributed by atoms with E-state index in [9.17, 15) is 0 Å². The lowest BCUT2D eigenvalue weighted by Crippen LogP contribution is -2.37. The molecular weight excluding hydrogens is 302 g/mol. The zero-order valence-corrected chi connectivity index (χ0v) is 16.9. The monoisotopic (exact) mass is 339 g/mol. The fourth-order valence-electron chi connectivity index (χ4n) is 4.61. The van der Waals surface area contributed by atoms with Crippen molar-refractivity contribution in [2.24, 2.45) is 11.3 Å². The molecule has 0 aromatic rings. The topological polar surface area (TPSA) is 3.24 Å². The van der Waals surface area contributed by atoms with Crippen LogP contribution in [0.5, 0.6) is 0 Å². The summed E-state index contributed by atoms with van der Waals surface area (Å²) >= 11 is 0. The molecule has 0 bridgehead atoms. The Morgan fingerprint density at radius 2 is 1.88 bits per heavy atom. The maximum absolute atomic E-state index is 2.72. The first-order chi connectivity index (χ1) is 12.0. The smallest absolute Gasteiger partial charge is 0.0376 e. The van der Waals surface area contributed by atoms with Gasteiger partial charge in [0.25, 0.3) is 0 Å². The molecule has 0 amide bonds. The average molecular weight is 340 g/mol. The summed E-state index contributed by atoms with van der Waals surface area (Å²) in [6, 6.07) is 0.652. The molecular formula is C24H37N. The van der Waals surface area contributed by atoms with Crippen LogP contribution in [-0.4, -0.2) is 10.9 Å². The minimum absolute atomic E-state index is 0.474. The Bertz CT molecular complexity index is 587. The summed E-state index contributed by atoms with van der Waals surface area (Å²) in [5, 5.41) is 0. The number of hydrogen-bond acceptors (Lipinski definition) is 1. The van der Waals surface area contributed by atoms with Crippen molar-refractivity contribution in [3.8, 4) is 0 Å². The van der Waals surface area contributed by atoms with E-state index >= 15 is 0 Å². The van der Waals surface area contributed by atoms with Gasteiger partial charge in [0.05, 0.1) is 0 Å². The van der Waals surface area contributed by atoms with Crippen molar-refractivity contribution < 1.29 is 0 Å². The van der Waals surface area contributed by atoms with Crippen LogP contribution < -0.4 is 0 Å². The molecule has 0 saturated heterocycles. The molecule has 0 aliphatic heterocycles. The molecule has 3 aliphatic carbocycles. The van der Waals surface area contributed by atoms with Crippen LogP contribution in [0.1, 0.15) is 85.5 Å². The van der Waals surface area contributed by atoms with Crippen LogP contribution in [-0.2, 0) is 0 Å². The molecule has 3 aliphatic rings. The van der Waals surface area contributed by atoms with Crippen molar-refractivity contribution in [2.45, 2.75) is 91.5 Å². The Morgan fingerprint density at radius 3 is 2.44 bits per heavy atom. The van der Waals surface area contributed by atoms with Gasteiger partial charge in [-0.2, -0.15) is 0 Å². The lowest BCUT2D eigenvalue weighted by atomic mass is 9.71. The van der Waals surface area contributed by atoms with Gasteiger partial charge in [-0.25, -0.2) is 0 Å². The first-order valence-corrected chi connectivity index (χ1v) is 10.5. The third kappa shape index (κ3) is 4.30. The van der Waals surface area contributed by atoms with Crippen LogP contribution in [0.15, 0.2) is 47.3 Å². The summed E-state index contributed by atoms with van der Waals surface area (Å²) < 4.78 is 0. The van der Waals surface area contributed by atoms with Gasteiger partial charge >= 0.3 is 0 Å². The average Bonchev–Trinajstić information content (AvgIpc) is 2.65. The van der Waals surface area contributed by atoms with Crippen molar-refractivity contribution >= 4 is 0 Å². The minimum Gasteiger partial charge on any atom is -0.342 e. The lowest BCUT2D eigenvalue weighted by molar-refractivity contribution is 0.174. The van der Waals surface area contributed by atoms with E-state index in [4.69, 9.17) is 0 Å². The number of allylic oxidation sites excluding steroid dienone is 6. The van der Waals surface area contributed by atoms with E-state index < -0.39 is 0 Å². The van der Waals surface area contributed by atoms with Crippen LogP contribution in [0.2, 0.25) is 0 Å². The summed E-state index contributed by atoms with van der Waals surface area (Å²) in [5.41, 5.74) is 5.11. The first-order valence-electron chi connectivity index (χ1n) is 10.5. The van der Waals surface area contributed by atoms with Gasteiger partial charge in [-0.3, -0.25) is 0 Å². The molecule has 0 N–H and O–H groups in total. The van der Waals surface area contributed by atoms with E-state index in [1.807, 2.05) is 0 Å². The van der Waals surface area contributed by atoms with Crippen molar-refractivity contribution in [3.63, 3.8) is 0 Å². The van der Waals surface area contributed by atoms with Crippen molar-refractivity contribution in [2.75, 3.05) is 0 Å². The summed E-state index contributed by atoms with van der Waals surface area (Å²) in [4.78, 5) is 2.72. The molecule has 0 aromatic carbocycles. The van der Waals surface area contributed by atoms with E-state index in [2.05, 4.69) is 63.0 Å². The predicted molar refractivity (Wildman–Crippen MR) is 109 cm³/mol. The first kappa shape index (κ1) is 18.5. The molecule has 0 fully saturated rings. The number of nitrogens with zero attached hydrogens (tertiary/aromatic N) is 1. The Morgan fingerprint density at radius 1 is 1.04 bits per heavy atom. The molecule has 0 aromatic heterocycles. The van der Waals surface area contributed by atoms with Gasteiger partial charge < -0.3 is 4.90 Å². The molecule has 0 spiro atoms. The summed E-state index contributed by atoms with van der Waals surface area (Å²) in [5.74, 6) is 0.840. The predicted octanol–water partition coefficient (Wildman–Crippen LogP) is 7.14. The van der Waals surface area contributed by atoms with Crippen molar-refractivity contribution in [1.29, 1.82) is 0 Å². The largest absolute Gasteiger partial charge is 0.342 e. The second-order valence-electron chi connectivity index (χ2n) is 8.97. The van der Waals surface area contributed by atoms with Gasteiger partial charge in [0.1, 0.15) is 0 Å². The third-order valence-electron chi connectivity index (χ3n) is 6.94. The highest BCUT2D eigenvalue weighted by Crippen LogP contribution is 2.42. The highest BCUT2D eigenvalue weighted by atomic mass is 15.2. The van der Waals surface area contributed by atoms with E-state index in [0.29, 0.717) is 11.5 Å². The normalized spacial score (nSPS) is 27.4. The molecule has 1 heteroatoms. The second-order valence-corrected chi connectivity index (χ2v) is 8.97. The van der Waals surface area contributed by atoms with E-state index in [-0.39, 0.29) is 0 Å². The molecule has 25 heavy (non-hydrogen) atoms. The molecule has 2 atom stereocenters. The van der Waals surface area contributed by atoms with E-state index in [1.165, 1.54) is 63.5 Å². The number of hydrogen-bond donors (Lipinski definition) is 0. The zero-order valence-electron chi connectivity index (χ0n) is 16.9. The second kappa shape index (κ2) is 7.98. The molecule has 3 rings (SSSR count). The highest BCUT2D eigenvalue weighted by molar-refractivity contribution is 5.29. The highest BCUT2D eigenvalue weighted by Gasteiger charge is 2.32. The standard InChI is InChI=1S/C24H37N/c1-5-24(3,4)20-13-17-23(18-14-20)25(21-9-7-6-8-10-21)22-15-11-19(2)12-16-22/h7,9-11,17,20,22H,5-6,8,12-16,18H2,1-4H3. The molecule has 0 heterocycles. The summed E-state index contributed by atoms with van der Waals surface area (Å²) in [6.45, 7) is 9.54. The molecule has 138 valence electrons. The molecule has 2 unspecified atom stereocenters. The van der Waals surface area contributed by atoms with Crippen LogP contribution in [0.3, 0.4) is 0 Å². The summed E-state index contributed by atoms with van der Waals surface area (Å²) in [6.07, 6.45) is 23.6. The Hall–Kier alpha value is -1.24. The lowest BCUT2D eigenvalue weighted by Gasteiger charge is -2.42. The number of rotatable bonds is 5. The Kier molecular flexibility index (Phi) is 5.92. The summed E-state index contributed by atoms with van der Waals surface area (Å²) in [7, 11) is 0. The van der Waals surface area contributed by atoms with Crippen molar-refractivity contribution in [3.05, 3.63) is 47.3 Å². The van der Waals surface area contributed by atoms with Gasteiger partial charge in [-0.15, -0.1) is 0 Å². The SMILES string of the molecule is CCC(C)(C)C1CC=C(N(C2=CCCC=C2)C2CC=C(C)CC2)CC1. The maximum Gasteiger partial charge on any atom is 0.0376 e. The van der Waals surface area contributed by atoms with Crippen molar-refractivity contribution in [1.82, 2.24) is 4.90 Å². The van der Waals surface area contributed by atoms with Crippen LogP contribution in [0, 0.1) is 11.3 Å². The van der Waals surface area contributed by atoms with Gasteiger partial charge in [-0.1, -0.05) is 57.1 Å². The maximum atomic E-state index is 2.72. The molecule has 0 saturated carbocycles. The van der Waals surface area contributed by atoms with E-state index in [1.54, 1.807) is 11.3 Å². The van der Waals surface area contributed by atoms with Gasteiger partial charge in [-0.05, 0) is 75.7 Å². The molecule has 1 nitrogen and oxygen atoms in total. The van der Waals surface area contributed by atoms with E-state index in [0.717, 1.165) is 5.92 Å².